The van der Waals surface area contributed by atoms with Gasteiger partial charge in [0.05, 0.1) is 17.9 Å². The molecule has 0 aliphatic heterocycles. The van der Waals surface area contributed by atoms with Gasteiger partial charge in [0.1, 0.15) is 12.1 Å². The lowest BCUT2D eigenvalue weighted by atomic mass is 10.1. The Bertz CT molecular complexity index is 587. The summed E-state index contributed by atoms with van der Waals surface area (Å²) in [5.41, 5.74) is 0.0132. The van der Waals surface area contributed by atoms with Crippen molar-refractivity contribution in [2.75, 3.05) is 18.5 Å². The number of aliphatic hydroxyl groups is 1. The number of hydrogen-bond acceptors (Lipinski definition) is 4. The molecule has 106 valence electrons. The number of anilines is 1. The van der Waals surface area contributed by atoms with Gasteiger partial charge in [-0.2, -0.15) is 13.2 Å². The molecule has 0 bridgehead atoms. The summed E-state index contributed by atoms with van der Waals surface area (Å²) in [6.45, 7) is 0.238. The third-order valence-corrected chi connectivity index (χ3v) is 2.57. The molecule has 1 aromatic heterocycles. The average Bonchev–Trinajstić information content (AvgIpc) is 2.45. The van der Waals surface area contributed by atoms with Crippen molar-refractivity contribution in [1.29, 1.82) is 0 Å². The third-order valence-electron chi connectivity index (χ3n) is 2.57. The van der Waals surface area contributed by atoms with Crippen LogP contribution in [0.15, 0.2) is 36.7 Å². The van der Waals surface area contributed by atoms with E-state index in [2.05, 4.69) is 15.3 Å². The number of benzene rings is 1. The van der Waals surface area contributed by atoms with Gasteiger partial charge in [-0.3, -0.25) is 0 Å². The number of nitrogens with zero attached hydrogens (tertiary/aromatic N) is 2. The van der Waals surface area contributed by atoms with Gasteiger partial charge in [-0.05, 0) is 12.1 Å². The maximum atomic E-state index is 12.7. The lowest BCUT2D eigenvalue weighted by molar-refractivity contribution is -0.137. The largest absolute Gasteiger partial charge is 0.416 e. The SMILES string of the molecule is OCCNc1cc(-c2cccc(C(F)(F)F)c2)ncn1. The Morgan fingerprint density at radius 1 is 1.15 bits per heavy atom. The molecule has 7 heteroatoms. The van der Waals surface area contributed by atoms with Crippen molar-refractivity contribution in [3.63, 3.8) is 0 Å². The molecule has 0 fully saturated rings. The molecule has 0 radical (unpaired) electrons. The predicted octanol–water partition coefficient (Wildman–Crippen LogP) is 2.57. The van der Waals surface area contributed by atoms with Crippen LogP contribution in [-0.4, -0.2) is 28.2 Å². The second kappa shape index (κ2) is 5.87. The molecule has 0 saturated heterocycles. The van der Waals surface area contributed by atoms with Crippen LogP contribution in [0.4, 0.5) is 19.0 Å². The number of aromatic nitrogens is 2. The number of aliphatic hydroxyl groups excluding tert-OH is 1. The van der Waals surface area contributed by atoms with Gasteiger partial charge in [0.2, 0.25) is 0 Å². The number of rotatable bonds is 4. The van der Waals surface area contributed by atoms with E-state index in [-0.39, 0.29) is 6.61 Å². The first-order chi connectivity index (χ1) is 9.50. The molecular weight excluding hydrogens is 271 g/mol. The highest BCUT2D eigenvalue weighted by Crippen LogP contribution is 2.31. The molecule has 0 saturated carbocycles. The summed E-state index contributed by atoms with van der Waals surface area (Å²) in [4.78, 5) is 7.88. The van der Waals surface area contributed by atoms with Crippen LogP contribution in [0.2, 0.25) is 0 Å². The Kier molecular flexibility index (Phi) is 4.19. The van der Waals surface area contributed by atoms with Gasteiger partial charge in [-0.15, -0.1) is 0 Å². The Morgan fingerprint density at radius 3 is 2.65 bits per heavy atom. The normalized spacial score (nSPS) is 11.4. The van der Waals surface area contributed by atoms with Gasteiger partial charge in [0.15, 0.2) is 0 Å². The van der Waals surface area contributed by atoms with E-state index in [0.29, 0.717) is 23.6 Å². The Morgan fingerprint density at radius 2 is 1.95 bits per heavy atom. The second-order valence-corrected chi connectivity index (χ2v) is 4.02. The van der Waals surface area contributed by atoms with Gasteiger partial charge in [-0.25, -0.2) is 9.97 Å². The van der Waals surface area contributed by atoms with Gasteiger partial charge >= 0.3 is 6.18 Å². The number of alkyl halides is 3. The molecule has 0 spiro atoms. The third kappa shape index (κ3) is 3.45. The maximum Gasteiger partial charge on any atom is 0.416 e. The predicted molar refractivity (Wildman–Crippen MR) is 68.0 cm³/mol. The molecule has 0 aliphatic rings. The van der Waals surface area contributed by atoms with E-state index < -0.39 is 11.7 Å². The second-order valence-electron chi connectivity index (χ2n) is 4.02. The zero-order valence-electron chi connectivity index (χ0n) is 10.4. The van der Waals surface area contributed by atoms with E-state index in [1.54, 1.807) is 6.07 Å². The fourth-order valence-corrected chi connectivity index (χ4v) is 1.65. The molecule has 2 rings (SSSR count). The molecule has 4 nitrogen and oxygen atoms in total. The first-order valence-electron chi connectivity index (χ1n) is 5.85. The van der Waals surface area contributed by atoms with Crippen molar-refractivity contribution in [2.24, 2.45) is 0 Å². The lowest BCUT2D eigenvalue weighted by Crippen LogP contribution is -2.07. The summed E-state index contributed by atoms with van der Waals surface area (Å²) in [7, 11) is 0. The van der Waals surface area contributed by atoms with E-state index in [0.717, 1.165) is 12.1 Å². The van der Waals surface area contributed by atoms with E-state index in [1.165, 1.54) is 18.5 Å². The highest BCUT2D eigenvalue weighted by Gasteiger charge is 2.30. The molecule has 2 N–H and O–H groups in total. The van der Waals surface area contributed by atoms with Gasteiger partial charge in [-0.1, -0.05) is 12.1 Å². The summed E-state index contributed by atoms with van der Waals surface area (Å²) in [5.74, 6) is 0.446. The van der Waals surface area contributed by atoms with Crippen LogP contribution < -0.4 is 5.32 Å². The summed E-state index contributed by atoms with van der Waals surface area (Å²) in [5, 5.41) is 11.5. The van der Waals surface area contributed by atoms with E-state index in [4.69, 9.17) is 5.11 Å². The maximum absolute atomic E-state index is 12.7. The fraction of sp³-hybridized carbons (Fsp3) is 0.231. The molecule has 0 unspecified atom stereocenters. The molecule has 0 aliphatic carbocycles. The monoisotopic (exact) mass is 283 g/mol. The van der Waals surface area contributed by atoms with Crippen molar-refractivity contribution in [1.82, 2.24) is 9.97 Å². The van der Waals surface area contributed by atoms with Gasteiger partial charge < -0.3 is 10.4 Å². The molecule has 0 atom stereocenters. The Hall–Kier alpha value is -2.15. The minimum atomic E-state index is -4.39. The van der Waals surface area contributed by atoms with Crippen LogP contribution in [0.1, 0.15) is 5.56 Å². The standard InChI is InChI=1S/C13H12F3N3O/c14-13(15,16)10-3-1-2-9(6-10)11-7-12(17-4-5-20)19-8-18-11/h1-3,6-8,20H,4-5H2,(H,17,18,19). The quantitative estimate of drug-likeness (QED) is 0.905. The molecule has 2 aromatic rings. The topological polar surface area (TPSA) is 58.0 Å². The van der Waals surface area contributed by atoms with Crippen molar-refractivity contribution in [3.8, 4) is 11.3 Å². The van der Waals surface area contributed by atoms with Gasteiger partial charge in [0.25, 0.3) is 0 Å². The summed E-state index contributed by atoms with van der Waals surface area (Å²) < 4.78 is 38.0. The highest BCUT2D eigenvalue weighted by atomic mass is 19.4. The Labute approximate surface area is 113 Å². The van der Waals surface area contributed by atoms with E-state index in [9.17, 15) is 13.2 Å². The van der Waals surface area contributed by atoms with E-state index in [1.807, 2.05) is 0 Å². The van der Waals surface area contributed by atoms with Crippen LogP contribution in [0.5, 0.6) is 0 Å². The minimum Gasteiger partial charge on any atom is -0.395 e. The summed E-state index contributed by atoms with van der Waals surface area (Å²) in [6, 6.07) is 6.47. The first-order valence-corrected chi connectivity index (χ1v) is 5.85. The summed E-state index contributed by atoms with van der Waals surface area (Å²) in [6.07, 6.45) is -3.13. The molecule has 1 aromatic carbocycles. The zero-order valence-corrected chi connectivity index (χ0v) is 10.4. The summed E-state index contributed by atoms with van der Waals surface area (Å²) >= 11 is 0. The number of halogens is 3. The average molecular weight is 283 g/mol. The minimum absolute atomic E-state index is 0.0666. The molecule has 0 amide bonds. The van der Waals surface area contributed by atoms with Gasteiger partial charge in [0, 0.05) is 18.2 Å². The van der Waals surface area contributed by atoms with Crippen molar-refractivity contribution < 1.29 is 18.3 Å². The van der Waals surface area contributed by atoms with Crippen LogP contribution in [-0.2, 0) is 6.18 Å². The van der Waals surface area contributed by atoms with Crippen molar-refractivity contribution in [3.05, 3.63) is 42.2 Å². The van der Waals surface area contributed by atoms with Crippen LogP contribution in [0.25, 0.3) is 11.3 Å². The first kappa shape index (κ1) is 14.3. The number of hydrogen-bond donors (Lipinski definition) is 2. The molecular formula is C13H12F3N3O. The fourth-order valence-electron chi connectivity index (χ4n) is 1.65. The van der Waals surface area contributed by atoms with Crippen molar-refractivity contribution >= 4 is 5.82 Å². The van der Waals surface area contributed by atoms with Crippen LogP contribution in [0.3, 0.4) is 0 Å². The zero-order chi connectivity index (χ0) is 14.6. The lowest BCUT2D eigenvalue weighted by Gasteiger charge is -2.09. The Balaban J connectivity index is 2.32. The van der Waals surface area contributed by atoms with E-state index >= 15 is 0 Å². The molecule has 1 heterocycles. The van der Waals surface area contributed by atoms with Crippen LogP contribution >= 0.6 is 0 Å². The smallest absolute Gasteiger partial charge is 0.395 e. The number of nitrogens with one attached hydrogen (secondary N) is 1. The highest BCUT2D eigenvalue weighted by molar-refractivity contribution is 5.63. The van der Waals surface area contributed by atoms with Crippen molar-refractivity contribution in [2.45, 2.75) is 6.18 Å². The van der Waals surface area contributed by atoms with Crippen LogP contribution in [0, 0.1) is 0 Å². The molecule has 20 heavy (non-hydrogen) atoms.